The second-order valence-electron chi connectivity index (χ2n) is 4.25. The predicted molar refractivity (Wildman–Crippen MR) is 62.2 cm³/mol. The van der Waals surface area contributed by atoms with Crippen LogP contribution in [0, 0.1) is 0 Å². The number of hydrogen-bond donors (Lipinski definition) is 2. The van der Waals surface area contributed by atoms with Crippen LogP contribution in [0.15, 0.2) is 0 Å². The van der Waals surface area contributed by atoms with Crippen LogP contribution in [0.2, 0.25) is 0 Å². The summed E-state index contributed by atoms with van der Waals surface area (Å²) in [7, 11) is 0. The van der Waals surface area contributed by atoms with Crippen molar-refractivity contribution in [2.45, 2.75) is 45.3 Å². The van der Waals surface area contributed by atoms with Crippen molar-refractivity contribution in [1.82, 2.24) is 10.3 Å². The lowest BCUT2D eigenvalue weighted by molar-refractivity contribution is 0.187. The standard InChI is InChI=1S/C11H18N2OS/c1-7(14)6-12-8(2)11-13-9-4-3-5-10(9)15-11/h7-8,12,14H,3-6H2,1-2H3/t7-,8?/m0/s1. The van der Waals surface area contributed by atoms with Gasteiger partial charge in [-0.05, 0) is 33.1 Å². The van der Waals surface area contributed by atoms with Crippen molar-refractivity contribution >= 4 is 11.3 Å². The van der Waals surface area contributed by atoms with Gasteiger partial charge in [0, 0.05) is 11.4 Å². The molecule has 0 fully saturated rings. The maximum Gasteiger partial charge on any atom is 0.110 e. The number of aromatic nitrogens is 1. The monoisotopic (exact) mass is 226 g/mol. The van der Waals surface area contributed by atoms with Gasteiger partial charge in [-0.25, -0.2) is 4.98 Å². The largest absolute Gasteiger partial charge is 0.392 e. The van der Waals surface area contributed by atoms with E-state index < -0.39 is 0 Å². The summed E-state index contributed by atoms with van der Waals surface area (Å²) in [6.45, 7) is 4.53. The Labute approximate surface area is 94.5 Å². The van der Waals surface area contributed by atoms with E-state index in [0.717, 1.165) is 6.42 Å². The van der Waals surface area contributed by atoms with Crippen LogP contribution in [0.1, 0.15) is 41.9 Å². The zero-order valence-electron chi connectivity index (χ0n) is 9.29. The Morgan fingerprint density at radius 1 is 1.47 bits per heavy atom. The summed E-state index contributed by atoms with van der Waals surface area (Å²) in [6.07, 6.45) is 3.33. The molecule has 0 amide bonds. The van der Waals surface area contributed by atoms with E-state index in [1.165, 1.54) is 28.4 Å². The van der Waals surface area contributed by atoms with Gasteiger partial charge in [-0.3, -0.25) is 0 Å². The molecule has 4 heteroatoms. The fraction of sp³-hybridized carbons (Fsp3) is 0.727. The Bertz CT molecular complexity index is 314. The lowest BCUT2D eigenvalue weighted by Crippen LogP contribution is -2.27. The molecule has 1 heterocycles. The molecule has 15 heavy (non-hydrogen) atoms. The molecule has 1 aromatic rings. The first-order chi connectivity index (χ1) is 7.16. The van der Waals surface area contributed by atoms with Crippen molar-refractivity contribution in [3.05, 3.63) is 15.6 Å². The average molecular weight is 226 g/mol. The Hall–Kier alpha value is -0.450. The molecule has 1 aromatic heterocycles. The minimum atomic E-state index is -0.292. The Morgan fingerprint density at radius 2 is 2.27 bits per heavy atom. The van der Waals surface area contributed by atoms with Crippen LogP contribution in [-0.2, 0) is 12.8 Å². The van der Waals surface area contributed by atoms with Crippen LogP contribution >= 0.6 is 11.3 Å². The summed E-state index contributed by atoms with van der Waals surface area (Å²) in [4.78, 5) is 6.11. The molecular formula is C11H18N2OS. The van der Waals surface area contributed by atoms with E-state index in [1.807, 2.05) is 11.3 Å². The van der Waals surface area contributed by atoms with Crippen LogP contribution in [0.25, 0.3) is 0 Å². The van der Waals surface area contributed by atoms with Crippen LogP contribution in [0.5, 0.6) is 0 Å². The van der Waals surface area contributed by atoms with E-state index in [-0.39, 0.29) is 12.1 Å². The number of thiazole rings is 1. The Balaban J connectivity index is 1.97. The highest BCUT2D eigenvalue weighted by atomic mass is 32.1. The Kier molecular flexibility index (Phi) is 3.38. The lowest BCUT2D eigenvalue weighted by atomic mass is 10.3. The number of rotatable bonds is 4. The van der Waals surface area contributed by atoms with Gasteiger partial charge < -0.3 is 10.4 Å². The average Bonchev–Trinajstić information content (AvgIpc) is 2.72. The first kappa shape index (κ1) is 11.0. The fourth-order valence-corrected chi connectivity index (χ4v) is 3.01. The summed E-state index contributed by atoms with van der Waals surface area (Å²) < 4.78 is 0. The molecule has 2 N–H and O–H groups in total. The van der Waals surface area contributed by atoms with Crippen LogP contribution in [0.3, 0.4) is 0 Å². The highest BCUT2D eigenvalue weighted by Gasteiger charge is 2.19. The summed E-state index contributed by atoms with van der Waals surface area (Å²) in [5, 5.41) is 13.6. The lowest BCUT2D eigenvalue weighted by Gasteiger charge is -2.12. The first-order valence-corrected chi connectivity index (χ1v) is 6.38. The van der Waals surface area contributed by atoms with Crippen molar-refractivity contribution in [2.24, 2.45) is 0 Å². The van der Waals surface area contributed by atoms with E-state index >= 15 is 0 Å². The highest BCUT2D eigenvalue weighted by molar-refractivity contribution is 7.11. The molecule has 0 aromatic carbocycles. The van der Waals surface area contributed by atoms with Crippen molar-refractivity contribution in [1.29, 1.82) is 0 Å². The molecular weight excluding hydrogens is 208 g/mol. The third kappa shape index (κ3) is 2.56. The normalized spacial score (nSPS) is 18.9. The number of nitrogens with one attached hydrogen (secondary N) is 1. The molecule has 0 spiro atoms. The molecule has 1 unspecified atom stereocenters. The third-order valence-electron chi connectivity index (χ3n) is 2.70. The molecule has 84 valence electrons. The fourth-order valence-electron chi connectivity index (χ4n) is 1.83. The SMILES string of the molecule is CC(NC[C@H](C)O)c1nc2c(s1)CCC2. The molecule has 1 aliphatic rings. The maximum atomic E-state index is 9.19. The molecule has 0 bridgehead atoms. The molecule has 0 saturated carbocycles. The van der Waals surface area contributed by atoms with Crippen LogP contribution < -0.4 is 5.32 Å². The van der Waals surface area contributed by atoms with E-state index in [9.17, 15) is 5.11 Å². The van der Waals surface area contributed by atoms with Gasteiger partial charge >= 0.3 is 0 Å². The number of aryl methyl sites for hydroxylation is 2. The van der Waals surface area contributed by atoms with Gasteiger partial charge in [0.2, 0.25) is 0 Å². The van der Waals surface area contributed by atoms with E-state index in [0.29, 0.717) is 6.54 Å². The number of nitrogens with zero attached hydrogens (tertiary/aromatic N) is 1. The van der Waals surface area contributed by atoms with E-state index in [2.05, 4.69) is 17.2 Å². The molecule has 0 aliphatic heterocycles. The van der Waals surface area contributed by atoms with Gasteiger partial charge in [-0.2, -0.15) is 0 Å². The second kappa shape index (κ2) is 4.60. The minimum absolute atomic E-state index is 0.259. The third-order valence-corrected chi connectivity index (χ3v) is 4.04. The molecule has 2 atom stereocenters. The van der Waals surface area contributed by atoms with Gasteiger partial charge in [0.1, 0.15) is 5.01 Å². The Morgan fingerprint density at radius 3 is 2.93 bits per heavy atom. The van der Waals surface area contributed by atoms with Gasteiger partial charge in [-0.1, -0.05) is 0 Å². The topological polar surface area (TPSA) is 45.1 Å². The van der Waals surface area contributed by atoms with Crippen LogP contribution in [0.4, 0.5) is 0 Å². The molecule has 0 radical (unpaired) electrons. The van der Waals surface area contributed by atoms with Crippen molar-refractivity contribution in [3.8, 4) is 0 Å². The zero-order valence-corrected chi connectivity index (χ0v) is 10.1. The quantitative estimate of drug-likeness (QED) is 0.821. The predicted octanol–water partition coefficient (Wildman–Crippen LogP) is 1.66. The van der Waals surface area contributed by atoms with Crippen molar-refractivity contribution in [3.63, 3.8) is 0 Å². The molecule has 1 aliphatic carbocycles. The van der Waals surface area contributed by atoms with Crippen LogP contribution in [-0.4, -0.2) is 22.7 Å². The van der Waals surface area contributed by atoms with E-state index in [1.54, 1.807) is 6.92 Å². The van der Waals surface area contributed by atoms with Gasteiger partial charge in [-0.15, -0.1) is 11.3 Å². The smallest absolute Gasteiger partial charge is 0.110 e. The van der Waals surface area contributed by atoms with Gasteiger partial charge in [0.15, 0.2) is 0 Å². The summed E-state index contributed by atoms with van der Waals surface area (Å²) in [5.41, 5.74) is 1.31. The van der Waals surface area contributed by atoms with E-state index in [4.69, 9.17) is 0 Å². The number of hydrogen-bond acceptors (Lipinski definition) is 4. The summed E-state index contributed by atoms with van der Waals surface area (Å²) in [6, 6.07) is 0.259. The maximum absolute atomic E-state index is 9.19. The van der Waals surface area contributed by atoms with Crippen molar-refractivity contribution in [2.75, 3.05) is 6.54 Å². The minimum Gasteiger partial charge on any atom is -0.392 e. The van der Waals surface area contributed by atoms with Gasteiger partial charge in [0.25, 0.3) is 0 Å². The molecule has 0 saturated heterocycles. The second-order valence-corrected chi connectivity index (χ2v) is 5.37. The first-order valence-electron chi connectivity index (χ1n) is 5.56. The van der Waals surface area contributed by atoms with Crippen molar-refractivity contribution < 1.29 is 5.11 Å². The molecule has 3 nitrogen and oxygen atoms in total. The highest BCUT2D eigenvalue weighted by Crippen LogP contribution is 2.30. The number of aliphatic hydroxyl groups is 1. The number of aliphatic hydroxyl groups excluding tert-OH is 1. The zero-order chi connectivity index (χ0) is 10.8. The summed E-state index contributed by atoms with van der Waals surface area (Å²) >= 11 is 1.83. The number of fused-ring (bicyclic) bond motifs is 1. The molecule has 2 rings (SSSR count). The summed E-state index contributed by atoms with van der Waals surface area (Å²) in [5.74, 6) is 0. The van der Waals surface area contributed by atoms with Gasteiger partial charge in [0.05, 0.1) is 17.8 Å².